The molecule has 1 aromatic carbocycles. The Morgan fingerprint density at radius 1 is 1.19 bits per heavy atom. The first-order valence-corrected chi connectivity index (χ1v) is 6.10. The van der Waals surface area contributed by atoms with E-state index in [0.29, 0.717) is 0 Å². The molecule has 2 rings (SSSR count). The van der Waals surface area contributed by atoms with E-state index < -0.39 is 0 Å². The number of allylic oxidation sites excluding steroid dienone is 2. The second kappa shape index (κ2) is 4.85. The highest BCUT2D eigenvalue weighted by Crippen LogP contribution is 2.24. The van der Waals surface area contributed by atoms with Crippen molar-refractivity contribution in [2.75, 3.05) is 6.54 Å². The van der Waals surface area contributed by atoms with E-state index in [-0.39, 0.29) is 5.54 Å². The Bertz CT molecular complexity index is 408. The lowest BCUT2D eigenvalue weighted by atomic mass is 9.87. The molecule has 1 aliphatic heterocycles. The molecule has 0 radical (unpaired) electrons. The fourth-order valence-corrected chi connectivity index (χ4v) is 2.06. The van der Waals surface area contributed by atoms with Crippen molar-refractivity contribution in [3.63, 3.8) is 0 Å². The van der Waals surface area contributed by atoms with E-state index in [1.165, 1.54) is 0 Å². The van der Waals surface area contributed by atoms with Crippen LogP contribution < -0.4 is 11.1 Å². The van der Waals surface area contributed by atoms with Crippen molar-refractivity contribution in [3.05, 3.63) is 58.7 Å². The molecule has 2 nitrogen and oxygen atoms in total. The van der Waals surface area contributed by atoms with Gasteiger partial charge in [-0.2, -0.15) is 0 Å². The molecule has 84 valence electrons. The molecule has 1 aromatic rings. The number of hydrogen-bond donors (Lipinski definition) is 2. The van der Waals surface area contributed by atoms with Crippen molar-refractivity contribution < 1.29 is 0 Å². The van der Waals surface area contributed by atoms with Gasteiger partial charge >= 0.3 is 0 Å². The van der Waals surface area contributed by atoms with Gasteiger partial charge in [0.15, 0.2) is 0 Å². The zero-order chi connectivity index (χ0) is 11.4. The molecule has 1 heterocycles. The second-order valence-electron chi connectivity index (χ2n) is 4.04. The normalized spacial score (nSPS) is 28.6. The molecule has 3 N–H and O–H groups in total. The summed E-state index contributed by atoms with van der Waals surface area (Å²) < 4.78 is 1.08. The van der Waals surface area contributed by atoms with Crippen molar-refractivity contribution >= 4 is 15.9 Å². The number of nitrogens with two attached hydrogens (primary N) is 1. The lowest BCUT2D eigenvalue weighted by Crippen LogP contribution is -2.44. The van der Waals surface area contributed by atoms with Crippen LogP contribution in [0.5, 0.6) is 0 Å². The first-order chi connectivity index (χ1) is 7.71. The van der Waals surface area contributed by atoms with E-state index >= 15 is 0 Å². The van der Waals surface area contributed by atoms with Crippen LogP contribution in [-0.2, 0) is 5.54 Å². The van der Waals surface area contributed by atoms with E-state index in [1.54, 1.807) is 0 Å². The highest BCUT2D eigenvalue weighted by Gasteiger charge is 2.25. The van der Waals surface area contributed by atoms with Gasteiger partial charge in [0.05, 0.1) is 5.54 Å². The van der Waals surface area contributed by atoms with Crippen LogP contribution in [0.15, 0.2) is 53.2 Å². The summed E-state index contributed by atoms with van der Waals surface area (Å²) in [6.45, 7) is 0.746. The van der Waals surface area contributed by atoms with Crippen LogP contribution in [0.1, 0.15) is 12.0 Å². The summed E-state index contributed by atoms with van der Waals surface area (Å²) in [6, 6.07) is 8.21. The molecular formula is C13H15BrN2. The predicted molar refractivity (Wildman–Crippen MR) is 70.9 cm³/mol. The van der Waals surface area contributed by atoms with Crippen LogP contribution in [-0.4, -0.2) is 6.54 Å². The predicted octanol–water partition coefficient (Wildman–Crippen LogP) is 2.67. The standard InChI is InChI=1S/C13H15BrN2/c14-12-6-4-11(5-7-12)13(15)8-2-1-3-9-16-10-13/h1-7,9,16H,8,10,15H2/b2-1-,9-3-/t13-/m0/s1. The van der Waals surface area contributed by atoms with E-state index in [1.807, 2.05) is 30.5 Å². The lowest BCUT2D eigenvalue weighted by Gasteiger charge is -2.29. The quantitative estimate of drug-likeness (QED) is 0.829. The van der Waals surface area contributed by atoms with Crippen LogP contribution in [0.3, 0.4) is 0 Å². The summed E-state index contributed by atoms with van der Waals surface area (Å²) in [5.74, 6) is 0. The minimum atomic E-state index is -0.331. The van der Waals surface area contributed by atoms with Crippen molar-refractivity contribution in [2.24, 2.45) is 5.73 Å². The molecule has 0 amide bonds. The Balaban J connectivity index is 2.26. The first kappa shape index (κ1) is 11.4. The van der Waals surface area contributed by atoms with Crippen LogP contribution in [0, 0.1) is 0 Å². The monoisotopic (exact) mass is 278 g/mol. The van der Waals surface area contributed by atoms with Gasteiger partial charge in [-0.15, -0.1) is 0 Å². The number of rotatable bonds is 1. The van der Waals surface area contributed by atoms with Gasteiger partial charge in [-0.05, 0) is 36.4 Å². The molecule has 3 heteroatoms. The Morgan fingerprint density at radius 2 is 1.94 bits per heavy atom. The van der Waals surface area contributed by atoms with Crippen LogP contribution >= 0.6 is 15.9 Å². The Labute approximate surface area is 104 Å². The minimum Gasteiger partial charge on any atom is -0.389 e. The van der Waals surface area contributed by atoms with Gasteiger partial charge in [-0.25, -0.2) is 0 Å². The molecule has 0 unspecified atom stereocenters. The van der Waals surface area contributed by atoms with Crippen LogP contribution in [0.25, 0.3) is 0 Å². The Hall–Kier alpha value is -1.06. The molecule has 1 aliphatic rings. The lowest BCUT2D eigenvalue weighted by molar-refractivity contribution is 0.434. The van der Waals surface area contributed by atoms with Crippen molar-refractivity contribution in [1.29, 1.82) is 0 Å². The molecule has 0 aliphatic carbocycles. The molecule has 0 saturated heterocycles. The van der Waals surface area contributed by atoms with Gasteiger partial charge in [0.1, 0.15) is 0 Å². The van der Waals surface area contributed by atoms with Gasteiger partial charge in [0, 0.05) is 11.0 Å². The fraction of sp³-hybridized carbons (Fsp3) is 0.231. The third-order valence-corrected chi connectivity index (χ3v) is 3.31. The summed E-state index contributed by atoms with van der Waals surface area (Å²) in [4.78, 5) is 0. The molecule has 16 heavy (non-hydrogen) atoms. The number of nitrogens with one attached hydrogen (secondary N) is 1. The van der Waals surface area contributed by atoms with Gasteiger partial charge in [0.2, 0.25) is 0 Å². The fourth-order valence-electron chi connectivity index (χ4n) is 1.80. The summed E-state index contributed by atoms with van der Waals surface area (Å²) >= 11 is 3.43. The summed E-state index contributed by atoms with van der Waals surface area (Å²) in [5.41, 5.74) is 7.26. The van der Waals surface area contributed by atoms with Gasteiger partial charge in [-0.3, -0.25) is 0 Å². The van der Waals surface area contributed by atoms with Crippen LogP contribution in [0.2, 0.25) is 0 Å². The average Bonchev–Trinajstić information content (AvgIpc) is 2.25. The second-order valence-corrected chi connectivity index (χ2v) is 4.95. The number of halogens is 1. The molecule has 1 atom stereocenters. The van der Waals surface area contributed by atoms with Gasteiger partial charge in [0.25, 0.3) is 0 Å². The molecule has 0 saturated carbocycles. The zero-order valence-electron chi connectivity index (χ0n) is 8.99. The number of benzene rings is 1. The third-order valence-electron chi connectivity index (χ3n) is 2.78. The highest BCUT2D eigenvalue weighted by atomic mass is 79.9. The van der Waals surface area contributed by atoms with Crippen molar-refractivity contribution in [1.82, 2.24) is 5.32 Å². The molecule has 0 fully saturated rings. The number of hydrogen-bond acceptors (Lipinski definition) is 2. The molecule has 0 aromatic heterocycles. The van der Waals surface area contributed by atoms with E-state index in [0.717, 1.165) is 23.0 Å². The van der Waals surface area contributed by atoms with Gasteiger partial charge < -0.3 is 11.1 Å². The Morgan fingerprint density at radius 3 is 2.69 bits per heavy atom. The topological polar surface area (TPSA) is 38.0 Å². The maximum absolute atomic E-state index is 6.44. The minimum absolute atomic E-state index is 0.331. The summed E-state index contributed by atoms with van der Waals surface area (Å²) in [6.07, 6.45) is 8.88. The van der Waals surface area contributed by atoms with Gasteiger partial charge in [-0.1, -0.05) is 40.2 Å². The molecule has 0 spiro atoms. The Kier molecular flexibility index (Phi) is 3.46. The van der Waals surface area contributed by atoms with Crippen molar-refractivity contribution in [2.45, 2.75) is 12.0 Å². The van der Waals surface area contributed by atoms with E-state index in [2.05, 4.69) is 39.5 Å². The first-order valence-electron chi connectivity index (χ1n) is 5.31. The maximum atomic E-state index is 6.44. The van der Waals surface area contributed by atoms with E-state index in [4.69, 9.17) is 5.73 Å². The largest absolute Gasteiger partial charge is 0.389 e. The SMILES string of the molecule is N[C@@]1(c2ccc(Br)cc2)C/C=C\C=C/NC1. The zero-order valence-corrected chi connectivity index (χ0v) is 10.6. The molecular weight excluding hydrogens is 264 g/mol. The third kappa shape index (κ3) is 2.54. The maximum Gasteiger partial charge on any atom is 0.0619 e. The van der Waals surface area contributed by atoms with Crippen molar-refractivity contribution in [3.8, 4) is 0 Å². The smallest absolute Gasteiger partial charge is 0.0619 e. The van der Waals surface area contributed by atoms with Crippen LogP contribution in [0.4, 0.5) is 0 Å². The summed E-state index contributed by atoms with van der Waals surface area (Å²) in [7, 11) is 0. The highest BCUT2D eigenvalue weighted by molar-refractivity contribution is 9.10. The van der Waals surface area contributed by atoms with E-state index in [9.17, 15) is 0 Å². The average molecular weight is 279 g/mol. The molecule has 0 bridgehead atoms. The summed E-state index contributed by atoms with van der Waals surface area (Å²) in [5, 5.41) is 3.22.